The Kier molecular flexibility index (Phi) is 10.4. The second-order valence-corrected chi connectivity index (χ2v) is 8.50. The number of rotatable bonds is 11. The van der Waals surface area contributed by atoms with Crippen molar-refractivity contribution in [2.75, 3.05) is 37.0 Å². The van der Waals surface area contributed by atoms with Crippen molar-refractivity contribution in [1.82, 2.24) is 5.32 Å². The highest BCUT2D eigenvalue weighted by Gasteiger charge is 2.20. The molecule has 2 aromatic rings. The number of para-hydroxylation sites is 2. The third-order valence-electron chi connectivity index (χ3n) is 4.41. The van der Waals surface area contributed by atoms with Gasteiger partial charge in [0, 0.05) is 5.56 Å². The molecule has 0 spiro atoms. The Hall–Kier alpha value is -3.95. The number of nitrogens with one attached hydrogen (secondary N) is 3. The molecule has 3 amide bonds. The van der Waals surface area contributed by atoms with Crippen molar-refractivity contribution < 1.29 is 33.3 Å². The lowest BCUT2D eigenvalue weighted by Crippen LogP contribution is -2.37. The molecule has 0 heterocycles. The quantitative estimate of drug-likeness (QED) is 0.411. The highest BCUT2D eigenvalue weighted by molar-refractivity contribution is 6.08. The maximum absolute atomic E-state index is 13.1. The summed E-state index contributed by atoms with van der Waals surface area (Å²) in [5.41, 5.74) is 0.349. The van der Waals surface area contributed by atoms with Crippen LogP contribution in [0.15, 0.2) is 36.4 Å². The molecular weight excluding hydrogens is 466 g/mol. The van der Waals surface area contributed by atoms with Crippen LogP contribution in [-0.4, -0.2) is 49.9 Å². The Balaban J connectivity index is 2.18. The number of amides is 3. The van der Waals surface area contributed by atoms with Gasteiger partial charge in [-0.25, -0.2) is 4.79 Å². The van der Waals surface area contributed by atoms with Gasteiger partial charge in [-0.2, -0.15) is 0 Å². The number of ether oxygens (including phenoxy) is 4. The van der Waals surface area contributed by atoms with Crippen molar-refractivity contribution in [3.63, 3.8) is 0 Å². The number of carbonyl (C=O) groups excluding carboxylic acids is 3. The highest BCUT2D eigenvalue weighted by Crippen LogP contribution is 2.39. The number of hydrogen-bond acceptors (Lipinski definition) is 7. The van der Waals surface area contributed by atoms with Gasteiger partial charge in [0.05, 0.1) is 31.2 Å². The standard InChI is InChI=1S/C26H35N3O7/c1-7-33-20-14-17(15-21(34-8-2)23(20)35-9-3)24(31)29-19-13-11-10-12-18(19)28-22(30)16-27-25(32)36-26(4,5)6/h10-15H,7-9,16H2,1-6H3,(H,27,32)(H,28,30)(H,29,31). The van der Waals surface area contributed by atoms with E-state index in [0.29, 0.717) is 48.4 Å². The predicted molar refractivity (Wildman–Crippen MR) is 137 cm³/mol. The molecule has 0 aliphatic heterocycles. The van der Waals surface area contributed by atoms with E-state index in [-0.39, 0.29) is 12.1 Å². The second-order valence-electron chi connectivity index (χ2n) is 8.50. The largest absolute Gasteiger partial charge is 0.490 e. The maximum atomic E-state index is 13.1. The first-order valence-electron chi connectivity index (χ1n) is 11.8. The van der Waals surface area contributed by atoms with Gasteiger partial charge in [-0.3, -0.25) is 9.59 Å². The molecular formula is C26H35N3O7. The van der Waals surface area contributed by atoms with E-state index in [2.05, 4.69) is 16.0 Å². The molecule has 10 nitrogen and oxygen atoms in total. The molecule has 0 atom stereocenters. The molecule has 0 aromatic heterocycles. The van der Waals surface area contributed by atoms with Crippen molar-refractivity contribution in [2.24, 2.45) is 0 Å². The molecule has 0 radical (unpaired) electrons. The zero-order valence-electron chi connectivity index (χ0n) is 21.7. The molecule has 10 heteroatoms. The van der Waals surface area contributed by atoms with E-state index < -0.39 is 23.5 Å². The molecule has 0 aliphatic rings. The molecule has 0 saturated heterocycles. The second kappa shape index (κ2) is 13.2. The van der Waals surface area contributed by atoms with Crippen LogP contribution in [0.3, 0.4) is 0 Å². The summed E-state index contributed by atoms with van der Waals surface area (Å²) < 4.78 is 22.2. The van der Waals surface area contributed by atoms with Crippen molar-refractivity contribution >= 4 is 29.3 Å². The lowest BCUT2D eigenvalue weighted by molar-refractivity contribution is -0.115. The average molecular weight is 502 g/mol. The lowest BCUT2D eigenvalue weighted by Gasteiger charge is -2.19. The van der Waals surface area contributed by atoms with Gasteiger partial charge in [0.15, 0.2) is 11.5 Å². The monoisotopic (exact) mass is 501 g/mol. The van der Waals surface area contributed by atoms with Crippen LogP contribution in [0.2, 0.25) is 0 Å². The predicted octanol–water partition coefficient (Wildman–Crippen LogP) is 4.60. The average Bonchev–Trinajstić information content (AvgIpc) is 2.80. The molecule has 36 heavy (non-hydrogen) atoms. The van der Waals surface area contributed by atoms with Gasteiger partial charge in [0.2, 0.25) is 11.7 Å². The normalized spacial score (nSPS) is 10.7. The van der Waals surface area contributed by atoms with Crippen LogP contribution in [0.25, 0.3) is 0 Å². The van der Waals surface area contributed by atoms with E-state index in [1.165, 1.54) is 0 Å². The Morgan fingerprint density at radius 3 is 1.83 bits per heavy atom. The van der Waals surface area contributed by atoms with Gasteiger partial charge < -0.3 is 34.9 Å². The SMILES string of the molecule is CCOc1cc(C(=O)Nc2ccccc2NC(=O)CNC(=O)OC(C)(C)C)cc(OCC)c1OCC. The third kappa shape index (κ3) is 8.68. The summed E-state index contributed by atoms with van der Waals surface area (Å²) in [5.74, 6) is 0.299. The Morgan fingerprint density at radius 1 is 0.806 bits per heavy atom. The summed E-state index contributed by atoms with van der Waals surface area (Å²) in [4.78, 5) is 37.3. The van der Waals surface area contributed by atoms with E-state index in [4.69, 9.17) is 18.9 Å². The van der Waals surface area contributed by atoms with E-state index >= 15 is 0 Å². The molecule has 0 bridgehead atoms. The molecule has 2 rings (SSSR count). The molecule has 196 valence electrons. The van der Waals surface area contributed by atoms with Crippen molar-refractivity contribution in [3.05, 3.63) is 42.0 Å². The number of carbonyl (C=O) groups is 3. The Labute approximate surface area is 211 Å². The van der Waals surface area contributed by atoms with Crippen LogP contribution < -0.4 is 30.2 Å². The first kappa shape index (κ1) is 28.3. The fourth-order valence-electron chi connectivity index (χ4n) is 3.08. The summed E-state index contributed by atoms with van der Waals surface area (Å²) in [7, 11) is 0. The lowest BCUT2D eigenvalue weighted by atomic mass is 10.1. The first-order valence-corrected chi connectivity index (χ1v) is 11.8. The summed E-state index contributed by atoms with van der Waals surface area (Å²) in [6.07, 6.45) is -0.704. The number of alkyl carbamates (subject to hydrolysis) is 1. The smallest absolute Gasteiger partial charge is 0.408 e. The van der Waals surface area contributed by atoms with Gasteiger partial charge in [-0.05, 0) is 65.8 Å². The van der Waals surface area contributed by atoms with E-state index in [1.54, 1.807) is 57.2 Å². The molecule has 0 fully saturated rings. The first-order chi connectivity index (χ1) is 17.1. The van der Waals surface area contributed by atoms with Crippen LogP contribution in [0, 0.1) is 0 Å². The summed E-state index contributed by atoms with van der Waals surface area (Å²) in [6, 6.07) is 9.88. The highest BCUT2D eigenvalue weighted by atomic mass is 16.6. The van der Waals surface area contributed by atoms with Gasteiger partial charge in [0.25, 0.3) is 5.91 Å². The van der Waals surface area contributed by atoms with Crippen LogP contribution in [0.1, 0.15) is 51.9 Å². The molecule has 2 aromatic carbocycles. The third-order valence-corrected chi connectivity index (χ3v) is 4.41. The van der Waals surface area contributed by atoms with Crippen molar-refractivity contribution in [3.8, 4) is 17.2 Å². The van der Waals surface area contributed by atoms with Crippen molar-refractivity contribution in [1.29, 1.82) is 0 Å². The van der Waals surface area contributed by atoms with Crippen LogP contribution in [-0.2, 0) is 9.53 Å². The van der Waals surface area contributed by atoms with Gasteiger partial charge >= 0.3 is 6.09 Å². The molecule has 0 unspecified atom stereocenters. The van der Waals surface area contributed by atoms with Crippen LogP contribution >= 0.6 is 0 Å². The summed E-state index contributed by atoms with van der Waals surface area (Å²) >= 11 is 0. The van der Waals surface area contributed by atoms with Crippen LogP contribution in [0.4, 0.5) is 16.2 Å². The zero-order valence-corrected chi connectivity index (χ0v) is 21.7. The maximum Gasteiger partial charge on any atom is 0.408 e. The summed E-state index contributed by atoms with van der Waals surface area (Å²) in [6.45, 7) is 11.6. The fourth-order valence-corrected chi connectivity index (χ4v) is 3.08. The number of hydrogen-bond donors (Lipinski definition) is 3. The van der Waals surface area contributed by atoms with Crippen LogP contribution in [0.5, 0.6) is 17.2 Å². The Bertz CT molecular complexity index is 1040. The minimum atomic E-state index is -0.704. The van der Waals surface area contributed by atoms with E-state index in [1.807, 2.05) is 20.8 Å². The van der Waals surface area contributed by atoms with E-state index in [9.17, 15) is 14.4 Å². The molecule has 0 aliphatic carbocycles. The number of anilines is 2. The topological polar surface area (TPSA) is 124 Å². The fraction of sp³-hybridized carbons (Fsp3) is 0.423. The minimum absolute atomic E-state index is 0.290. The Morgan fingerprint density at radius 2 is 1.33 bits per heavy atom. The minimum Gasteiger partial charge on any atom is -0.490 e. The van der Waals surface area contributed by atoms with Crippen molar-refractivity contribution in [2.45, 2.75) is 47.1 Å². The molecule has 0 saturated carbocycles. The zero-order chi connectivity index (χ0) is 26.7. The van der Waals surface area contributed by atoms with E-state index in [0.717, 1.165) is 0 Å². The summed E-state index contributed by atoms with van der Waals surface area (Å²) in [5, 5.41) is 7.88. The van der Waals surface area contributed by atoms with Gasteiger partial charge in [-0.1, -0.05) is 12.1 Å². The molecule has 3 N–H and O–H groups in total. The van der Waals surface area contributed by atoms with Gasteiger partial charge in [0.1, 0.15) is 12.1 Å². The van der Waals surface area contributed by atoms with Gasteiger partial charge in [-0.15, -0.1) is 0 Å². The number of benzene rings is 2.